The highest BCUT2D eigenvalue weighted by molar-refractivity contribution is 6.35. The van der Waals surface area contributed by atoms with E-state index in [0.29, 0.717) is 27.9 Å². The van der Waals surface area contributed by atoms with E-state index < -0.39 is 5.97 Å². The van der Waals surface area contributed by atoms with E-state index in [1.165, 1.54) is 0 Å². The van der Waals surface area contributed by atoms with Crippen molar-refractivity contribution < 1.29 is 9.90 Å². The van der Waals surface area contributed by atoms with Crippen LogP contribution in [0.5, 0.6) is 0 Å². The zero-order valence-electron chi connectivity index (χ0n) is 22.3. The van der Waals surface area contributed by atoms with Crippen molar-refractivity contribution in [1.82, 2.24) is 24.6 Å². The van der Waals surface area contributed by atoms with Gasteiger partial charge in [-0.25, -0.2) is 14.6 Å². The number of likely N-dealkylation sites (tertiary alicyclic amines) is 1. The lowest BCUT2D eigenvalue weighted by atomic mass is 9.87. The first-order valence-electron chi connectivity index (χ1n) is 13.6. The van der Waals surface area contributed by atoms with Crippen LogP contribution in [0.4, 0.5) is 5.82 Å². The normalized spacial score (nSPS) is 23.6. The summed E-state index contributed by atoms with van der Waals surface area (Å²) < 4.78 is 1.91. The molecule has 2 aliphatic heterocycles. The quantitative estimate of drug-likeness (QED) is 0.389. The molecule has 4 unspecified atom stereocenters. The number of aromatic nitrogens is 4. The van der Waals surface area contributed by atoms with Gasteiger partial charge < -0.3 is 10.0 Å². The van der Waals surface area contributed by atoms with Gasteiger partial charge in [0.1, 0.15) is 11.3 Å². The zero-order valence-corrected chi connectivity index (χ0v) is 23.8. The summed E-state index contributed by atoms with van der Waals surface area (Å²) in [5.74, 6) is 1.14. The number of rotatable bonds is 7. The number of halogens is 2. The van der Waals surface area contributed by atoms with Crippen molar-refractivity contribution in [3.63, 3.8) is 0 Å². The van der Waals surface area contributed by atoms with Crippen molar-refractivity contribution >= 4 is 46.2 Å². The summed E-state index contributed by atoms with van der Waals surface area (Å²) in [4.78, 5) is 25.8. The predicted octanol–water partition coefficient (Wildman–Crippen LogP) is 5.84. The Hall–Kier alpha value is -2.42. The minimum Gasteiger partial charge on any atom is -0.481 e. The van der Waals surface area contributed by atoms with Gasteiger partial charge in [-0.05, 0) is 75.6 Å². The summed E-state index contributed by atoms with van der Waals surface area (Å²) in [7, 11) is 0. The van der Waals surface area contributed by atoms with Gasteiger partial charge in [-0.1, -0.05) is 36.2 Å². The van der Waals surface area contributed by atoms with E-state index in [4.69, 9.17) is 43.4 Å². The summed E-state index contributed by atoms with van der Waals surface area (Å²) in [6, 6.07) is 5.92. The summed E-state index contributed by atoms with van der Waals surface area (Å²) in [6.07, 6.45) is 6.27. The van der Waals surface area contributed by atoms with E-state index >= 15 is 0 Å². The maximum absolute atomic E-state index is 11.0. The predicted molar refractivity (Wildman–Crippen MR) is 151 cm³/mol. The fourth-order valence-electron chi connectivity index (χ4n) is 6.28. The molecule has 2 aromatic heterocycles. The molecule has 1 N–H and O–H groups in total. The third kappa shape index (κ3) is 5.63. The van der Waals surface area contributed by atoms with Crippen LogP contribution < -0.4 is 4.90 Å². The molecule has 0 radical (unpaired) electrons. The van der Waals surface area contributed by atoms with Crippen LogP contribution >= 0.6 is 23.2 Å². The fraction of sp³-hybridized carbons (Fsp3) is 0.571. The summed E-state index contributed by atoms with van der Waals surface area (Å²) in [6.45, 7) is 10.3. The van der Waals surface area contributed by atoms with Crippen molar-refractivity contribution in [2.75, 3.05) is 31.1 Å². The Morgan fingerprint density at radius 1 is 1.21 bits per heavy atom. The average Bonchev–Trinajstić information content (AvgIpc) is 3.23. The first-order chi connectivity index (χ1) is 18.2. The van der Waals surface area contributed by atoms with Crippen LogP contribution in [-0.2, 0) is 4.79 Å². The van der Waals surface area contributed by atoms with Crippen molar-refractivity contribution in [2.24, 2.45) is 11.8 Å². The molecule has 0 aliphatic carbocycles. The van der Waals surface area contributed by atoms with Crippen LogP contribution in [0, 0.1) is 18.8 Å². The van der Waals surface area contributed by atoms with Crippen molar-refractivity contribution in [3.05, 3.63) is 45.7 Å². The standard InChI is InChI=1S/C28H36Cl2N6O2/c1-17-15-35(12-10-24(17)34-11-4-5-20(16-34)6-9-26(37)38)25-14-31-27-18(2)33-36(28(27)32-25)19(3)22-8-7-21(29)13-23(22)30/h7-8,13-14,17,19-20,24H,4-6,9-12,15-16H2,1-3H3,(H,37,38). The summed E-state index contributed by atoms with van der Waals surface area (Å²) in [5, 5.41) is 15.1. The van der Waals surface area contributed by atoms with Crippen LogP contribution in [0.25, 0.3) is 11.2 Å². The van der Waals surface area contributed by atoms with Crippen LogP contribution in [-0.4, -0.2) is 67.9 Å². The SMILES string of the molecule is Cc1nn(C(C)c2ccc(Cl)cc2Cl)c2nc(N3CCC(N4CCCC(CCC(=O)O)C4)C(C)C3)cnc12. The minimum absolute atomic E-state index is 0.127. The van der Waals surface area contributed by atoms with E-state index in [1.807, 2.05) is 29.9 Å². The highest BCUT2D eigenvalue weighted by atomic mass is 35.5. The van der Waals surface area contributed by atoms with E-state index in [0.717, 1.165) is 80.1 Å². The molecular formula is C28H36Cl2N6O2. The number of carbonyl (C=O) groups is 1. The van der Waals surface area contributed by atoms with Crippen molar-refractivity contribution in [2.45, 2.75) is 65.0 Å². The second-order valence-electron chi connectivity index (χ2n) is 11.0. The molecule has 2 saturated heterocycles. The van der Waals surface area contributed by atoms with Gasteiger partial charge in [0.15, 0.2) is 5.65 Å². The number of aliphatic carboxylic acids is 1. The maximum atomic E-state index is 11.0. The lowest BCUT2D eigenvalue weighted by molar-refractivity contribution is -0.137. The van der Waals surface area contributed by atoms with Crippen LogP contribution in [0.3, 0.4) is 0 Å². The topological polar surface area (TPSA) is 87.4 Å². The summed E-state index contributed by atoms with van der Waals surface area (Å²) >= 11 is 12.6. The lowest BCUT2D eigenvalue weighted by Gasteiger charge is -2.46. The lowest BCUT2D eigenvalue weighted by Crippen LogP contribution is -2.53. The third-order valence-corrected chi connectivity index (χ3v) is 8.87. The number of anilines is 1. The van der Waals surface area contributed by atoms with Gasteiger partial charge >= 0.3 is 5.97 Å². The number of hydrogen-bond donors (Lipinski definition) is 1. The number of fused-ring (bicyclic) bond motifs is 1. The third-order valence-electron chi connectivity index (χ3n) is 8.31. The second-order valence-corrected chi connectivity index (χ2v) is 11.8. The molecule has 3 aromatic rings. The Labute approximate surface area is 233 Å². The largest absolute Gasteiger partial charge is 0.481 e. The Morgan fingerprint density at radius 3 is 2.76 bits per heavy atom. The van der Waals surface area contributed by atoms with Crippen molar-refractivity contribution in [1.29, 1.82) is 0 Å². The molecule has 204 valence electrons. The second kappa shape index (κ2) is 11.4. The van der Waals surface area contributed by atoms with E-state index in [2.05, 4.69) is 23.6 Å². The number of hydrogen-bond acceptors (Lipinski definition) is 6. The number of aryl methyl sites for hydroxylation is 1. The number of carboxylic acid groups (broad SMARTS) is 1. The molecule has 10 heteroatoms. The Morgan fingerprint density at radius 2 is 2.03 bits per heavy atom. The van der Waals surface area contributed by atoms with Gasteiger partial charge in [-0.15, -0.1) is 0 Å². The molecule has 8 nitrogen and oxygen atoms in total. The molecule has 0 amide bonds. The Bertz CT molecular complexity index is 1310. The molecule has 5 rings (SSSR count). The number of piperidine rings is 2. The number of carboxylic acids is 1. The minimum atomic E-state index is -0.691. The average molecular weight is 560 g/mol. The van der Waals surface area contributed by atoms with Crippen LogP contribution in [0.1, 0.15) is 63.3 Å². The molecule has 2 aliphatic rings. The first kappa shape index (κ1) is 27.2. The highest BCUT2D eigenvalue weighted by Crippen LogP contribution is 2.33. The van der Waals surface area contributed by atoms with Gasteiger partial charge in [0.25, 0.3) is 0 Å². The van der Waals surface area contributed by atoms with Gasteiger partial charge in [0.05, 0.1) is 17.9 Å². The molecule has 4 heterocycles. The summed E-state index contributed by atoms with van der Waals surface area (Å²) in [5.41, 5.74) is 3.33. The van der Waals surface area contributed by atoms with E-state index in [-0.39, 0.29) is 12.5 Å². The van der Waals surface area contributed by atoms with Gasteiger partial charge in [-0.2, -0.15) is 5.10 Å². The molecule has 38 heavy (non-hydrogen) atoms. The molecular weight excluding hydrogens is 523 g/mol. The van der Waals surface area contributed by atoms with Gasteiger partial charge in [0, 0.05) is 42.1 Å². The fourth-order valence-corrected chi connectivity index (χ4v) is 6.85. The van der Waals surface area contributed by atoms with E-state index in [9.17, 15) is 4.79 Å². The molecule has 2 fully saturated rings. The molecule has 4 atom stereocenters. The molecule has 0 spiro atoms. The first-order valence-corrected chi connectivity index (χ1v) is 14.3. The van der Waals surface area contributed by atoms with Gasteiger partial charge in [0.2, 0.25) is 0 Å². The van der Waals surface area contributed by atoms with Crippen LogP contribution in [0.2, 0.25) is 10.0 Å². The molecule has 0 bridgehead atoms. The molecule has 1 aromatic carbocycles. The Balaban J connectivity index is 1.32. The Kier molecular flexibility index (Phi) is 8.12. The smallest absolute Gasteiger partial charge is 0.303 e. The monoisotopic (exact) mass is 558 g/mol. The van der Waals surface area contributed by atoms with Crippen molar-refractivity contribution in [3.8, 4) is 0 Å². The number of benzene rings is 1. The highest BCUT2D eigenvalue weighted by Gasteiger charge is 2.34. The van der Waals surface area contributed by atoms with Crippen LogP contribution in [0.15, 0.2) is 24.4 Å². The van der Waals surface area contributed by atoms with Gasteiger partial charge in [-0.3, -0.25) is 9.69 Å². The number of nitrogens with zero attached hydrogens (tertiary/aromatic N) is 6. The molecule has 0 saturated carbocycles. The zero-order chi connectivity index (χ0) is 27.0. The van der Waals surface area contributed by atoms with E-state index in [1.54, 1.807) is 6.07 Å². The maximum Gasteiger partial charge on any atom is 0.303 e.